The Morgan fingerprint density at radius 1 is 1.36 bits per heavy atom. The van der Waals surface area contributed by atoms with Crippen molar-refractivity contribution in [2.75, 3.05) is 6.61 Å². The highest BCUT2D eigenvalue weighted by molar-refractivity contribution is 5.63. The highest BCUT2D eigenvalue weighted by Gasteiger charge is 2.08. The van der Waals surface area contributed by atoms with Crippen molar-refractivity contribution in [3.05, 3.63) is 30.7 Å². The van der Waals surface area contributed by atoms with Gasteiger partial charge in [0.05, 0.1) is 12.2 Å². The SMILES string of the molecule is CCOc1ccccc1-c1ncon1. The standard InChI is InChI=1S/C10H10N2O2/c1-2-13-9-6-4-3-5-8(9)10-11-7-14-12-10/h3-7H,2H2,1H3. The Hall–Kier alpha value is -1.84. The summed E-state index contributed by atoms with van der Waals surface area (Å²) in [4.78, 5) is 3.97. The Labute approximate surface area is 81.5 Å². The zero-order chi connectivity index (χ0) is 9.80. The lowest BCUT2D eigenvalue weighted by Crippen LogP contribution is -1.94. The van der Waals surface area contributed by atoms with Gasteiger partial charge in [0.2, 0.25) is 12.2 Å². The molecule has 4 nitrogen and oxygen atoms in total. The second kappa shape index (κ2) is 3.91. The predicted octanol–water partition coefficient (Wildman–Crippen LogP) is 2.14. The molecule has 0 fully saturated rings. The van der Waals surface area contributed by atoms with Crippen molar-refractivity contribution in [3.8, 4) is 17.1 Å². The van der Waals surface area contributed by atoms with Crippen LogP contribution in [0.2, 0.25) is 0 Å². The molecule has 0 saturated carbocycles. The zero-order valence-corrected chi connectivity index (χ0v) is 7.80. The van der Waals surface area contributed by atoms with Crippen molar-refractivity contribution >= 4 is 0 Å². The summed E-state index contributed by atoms with van der Waals surface area (Å²) in [6, 6.07) is 7.60. The zero-order valence-electron chi connectivity index (χ0n) is 7.80. The van der Waals surface area contributed by atoms with E-state index < -0.39 is 0 Å². The average Bonchev–Trinajstić information content (AvgIpc) is 2.72. The molecular formula is C10H10N2O2. The lowest BCUT2D eigenvalue weighted by atomic mass is 10.2. The van der Waals surface area contributed by atoms with Gasteiger partial charge in [-0.15, -0.1) is 0 Å². The minimum Gasteiger partial charge on any atom is -0.493 e. The van der Waals surface area contributed by atoms with Crippen molar-refractivity contribution < 1.29 is 9.26 Å². The minimum absolute atomic E-state index is 0.550. The van der Waals surface area contributed by atoms with Crippen molar-refractivity contribution in [2.45, 2.75) is 6.92 Å². The Bertz CT molecular complexity index is 398. The lowest BCUT2D eigenvalue weighted by molar-refractivity contribution is 0.341. The van der Waals surface area contributed by atoms with Crippen molar-refractivity contribution in [2.24, 2.45) is 0 Å². The van der Waals surface area contributed by atoms with Crippen LogP contribution < -0.4 is 4.74 Å². The van der Waals surface area contributed by atoms with Crippen LogP contribution in [0.15, 0.2) is 35.2 Å². The third-order valence-electron chi connectivity index (χ3n) is 1.79. The normalized spacial score (nSPS) is 10.1. The van der Waals surface area contributed by atoms with Gasteiger partial charge >= 0.3 is 0 Å². The van der Waals surface area contributed by atoms with Crippen molar-refractivity contribution in [1.82, 2.24) is 10.1 Å². The number of aromatic nitrogens is 2. The first-order valence-electron chi connectivity index (χ1n) is 4.40. The Morgan fingerprint density at radius 2 is 2.21 bits per heavy atom. The molecule has 0 atom stereocenters. The van der Waals surface area contributed by atoms with Crippen molar-refractivity contribution in [3.63, 3.8) is 0 Å². The van der Waals surface area contributed by atoms with Gasteiger partial charge in [0.1, 0.15) is 5.75 Å². The topological polar surface area (TPSA) is 48.2 Å². The quantitative estimate of drug-likeness (QED) is 0.743. The van der Waals surface area contributed by atoms with Crippen LogP contribution in [0.4, 0.5) is 0 Å². The Morgan fingerprint density at radius 3 is 2.93 bits per heavy atom. The molecule has 0 bridgehead atoms. The molecule has 0 saturated heterocycles. The molecule has 0 aliphatic rings. The summed E-state index contributed by atoms with van der Waals surface area (Å²) in [6.45, 7) is 2.56. The number of hydrogen-bond donors (Lipinski definition) is 0. The fourth-order valence-electron chi connectivity index (χ4n) is 1.22. The monoisotopic (exact) mass is 190 g/mol. The van der Waals surface area contributed by atoms with E-state index in [2.05, 4.69) is 14.7 Å². The maximum atomic E-state index is 5.44. The van der Waals surface area contributed by atoms with Gasteiger partial charge in [0.15, 0.2) is 0 Å². The van der Waals surface area contributed by atoms with Crippen LogP contribution in [-0.4, -0.2) is 16.7 Å². The van der Waals surface area contributed by atoms with E-state index in [9.17, 15) is 0 Å². The molecule has 72 valence electrons. The molecule has 0 unspecified atom stereocenters. The molecule has 1 aromatic heterocycles. The molecule has 0 amide bonds. The van der Waals surface area contributed by atoms with E-state index in [1.54, 1.807) is 0 Å². The molecule has 2 aromatic rings. The van der Waals surface area contributed by atoms with E-state index in [1.165, 1.54) is 6.39 Å². The molecular weight excluding hydrogens is 180 g/mol. The van der Waals surface area contributed by atoms with Crippen molar-refractivity contribution in [1.29, 1.82) is 0 Å². The fourth-order valence-corrected chi connectivity index (χ4v) is 1.22. The van der Waals surface area contributed by atoms with E-state index in [0.29, 0.717) is 12.4 Å². The van der Waals surface area contributed by atoms with Gasteiger partial charge in [-0.3, -0.25) is 0 Å². The highest BCUT2D eigenvalue weighted by atomic mass is 16.5. The number of para-hydroxylation sites is 1. The number of ether oxygens (including phenoxy) is 1. The van der Waals surface area contributed by atoms with Crippen LogP contribution in [0.25, 0.3) is 11.4 Å². The summed E-state index contributed by atoms with van der Waals surface area (Å²) < 4.78 is 10.1. The third kappa shape index (κ3) is 1.59. The summed E-state index contributed by atoms with van der Waals surface area (Å²) in [7, 11) is 0. The minimum atomic E-state index is 0.550. The Balaban J connectivity index is 2.42. The first kappa shape index (κ1) is 8.74. The number of rotatable bonds is 3. The number of hydrogen-bond acceptors (Lipinski definition) is 4. The van der Waals surface area contributed by atoms with Crippen LogP contribution in [0, 0.1) is 0 Å². The summed E-state index contributed by atoms with van der Waals surface area (Å²) in [6.07, 6.45) is 1.30. The summed E-state index contributed by atoms with van der Waals surface area (Å²) in [5.41, 5.74) is 0.850. The fraction of sp³-hybridized carbons (Fsp3) is 0.200. The average molecular weight is 190 g/mol. The molecule has 4 heteroatoms. The molecule has 14 heavy (non-hydrogen) atoms. The van der Waals surface area contributed by atoms with Gasteiger partial charge in [-0.05, 0) is 19.1 Å². The summed E-state index contributed by atoms with van der Waals surface area (Å²) >= 11 is 0. The van der Waals surface area contributed by atoms with Crippen LogP contribution in [-0.2, 0) is 0 Å². The van der Waals surface area contributed by atoms with Crippen LogP contribution in [0.3, 0.4) is 0 Å². The first-order chi connectivity index (χ1) is 6.92. The second-order valence-corrected chi connectivity index (χ2v) is 2.68. The molecule has 0 aliphatic carbocycles. The van der Waals surface area contributed by atoms with Gasteiger partial charge in [0, 0.05) is 0 Å². The molecule has 0 radical (unpaired) electrons. The maximum Gasteiger partial charge on any atom is 0.214 e. The number of benzene rings is 1. The summed E-state index contributed by atoms with van der Waals surface area (Å²) in [5, 5.41) is 3.76. The molecule has 0 N–H and O–H groups in total. The third-order valence-corrected chi connectivity index (χ3v) is 1.79. The van der Waals surface area contributed by atoms with Gasteiger partial charge < -0.3 is 9.26 Å². The van der Waals surface area contributed by atoms with E-state index >= 15 is 0 Å². The van der Waals surface area contributed by atoms with E-state index in [1.807, 2.05) is 31.2 Å². The smallest absolute Gasteiger partial charge is 0.214 e. The lowest BCUT2D eigenvalue weighted by Gasteiger charge is -2.05. The van der Waals surface area contributed by atoms with Gasteiger partial charge in [-0.2, -0.15) is 4.98 Å². The van der Waals surface area contributed by atoms with Crippen LogP contribution in [0.1, 0.15) is 6.92 Å². The van der Waals surface area contributed by atoms with Gasteiger partial charge in [0.25, 0.3) is 0 Å². The number of nitrogens with zero attached hydrogens (tertiary/aromatic N) is 2. The molecule has 0 aliphatic heterocycles. The van der Waals surface area contributed by atoms with E-state index in [4.69, 9.17) is 4.74 Å². The highest BCUT2D eigenvalue weighted by Crippen LogP contribution is 2.26. The van der Waals surface area contributed by atoms with E-state index in [0.717, 1.165) is 11.3 Å². The second-order valence-electron chi connectivity index (χ2n) is 2.68. The maximum absolute atomic E-state index is 5.44. The van der Waals surface area contributed by atoms with Crippen LogP contribution >= 0.6 is 0 Å². The Kier molecular flexibility index (Phi) is 2.44. The molecule has 1 aromatic carbocycles. The van der Waals surface area contributed by atoms with Gasteiger partial charge in [-0.25, -0.2) is 0 Å². The van der Waals surface area contributed by atoms with Crippen LogP contribution in [0.5, 0.6) is 5.75 Å². The first-order valence-corrected chi connectivity index (χ1v) is 4.40. The molecule has 2 rings (SSSR count). The summed E-state index contributed by atoms with van der Waals surface area (Å²) in [5.74, 6) is 1.32. The molecule has 1 heterocycles. The van der Waals surface area contributed by atoms with E-state index in [-0.39, 0.29) is 0 Å². The predicted molar refractivity (Wildman–Crippen MR) is 50.9 cm³/mol. The largest absolute Gasteiger partial charge is 0.493 e. The molecule has 0 spiro atoms. The van der Waals surface area contributed by atoms with Gasteiger partial charge in [-0.1, -0.05) is 17.3 Å².